The van der Waals surface area contributed by atoms with E-state index in [1.165, 1.54) is 23.1 Å². The smallest absolute Gasteiger partial charge is 0.261 e. The van der Waals surface area contributed by atoms with Crippen molar-refractivity contribution in [1.29, 1.82) is 0 Å². The summed E-state index contributed by atoms with van der Waals surface area (Å²) in [4.78, 5) is 16.8. The molecular formula is C23H25N3O3. The molecule has 150 valence electrons. The Morgan fingerprint density at radius 1 is 1.17 bits per heavy atom. The highest BCUT2D eigenvalue weighted by atomic mass is 16.5. The fraction of sp³-hybridized carbons (Fsp3) is 0.348. The number of nitrogens with one attached hydrogen (secondary N) is 1. The lowest BCUT2D eigenvalue weighted by Crippen LogP contribution is -2.36. The van der Waals surface area contributed by atoms with Gasteiger partial charge in [0.05, 0.1) is 6.54 Å². The highest BCUT2D eigenvalue weighted by Crippen LogP contribution is 2.30. The molecule has 0 fully saturated rings. The zero-order valence-corrected chi connectivity index (χ0v) is 16.8. The average Bonchev–Trinajstić information content (AvgIpc) is 3.22. The van der Waals surface area contributed by atoms with Crippen LogP contribution in [-0.4, -0.2) is 22.2 Å². The third kappa shape index (κ3) is 4.47. The fourth-order valence-corrected chi connectivity index (χ4v) is 3.55. The van der Waals surface area contributed by atoms with Crippen LogP contribution in [0.25, 0.3) is 11.4 Å². The van der Waals surface area contributed by atoms with Gasteiger partial charge in [-0.15, -0.1) is 0 Å². The summed E-state index contributed by atoms with van der Waals surface area (Å²) in [6, 6.07) is 14.0. The fourth-order valence-electron chi connectivity index (χ4n) is 3.55. The second kappa shape index (κ2) is 8.47. The molecule has 1 aromatic heterocycles. The van der Waals surface area contributed by atoms with Crippen molar-refractivity contribution < 1.29 is 14.1 Å². The van der Waals surface area contributed by atoms with Gasteiger partial charge < -0.3 is 14.6 Å². The number of nitrogens with zero attached hydrogens (tertiary/aromatic N) is 2. The molecule has 0 radical (unpaired) electrons. The summed E-state index contributed by atoms with van der Waals surface area (Å²) in [5.41, 5.74) is 4.61. The number of carbonyl (C=O) groups excluding carboxylic acids is 1. The first-order valence-electron chi connectivity index (χ1n) is 10.0. The van der Waals surface area contributed by atoms with Gasteiger partial charge in [0.15, 0.2) is 6.10 Å². The number of hydrogen-bond donors (Lipinski definition) is 1. The summed E-state index contributed by atoms with van der Waals surface area (Å²) in [7, 11) is 0. The van der Waals surface area contributed by atoms with Gasteiger partial charge in [-0.2, -0.15) is 4.98 Å². The molecule has 6 nitrogen and oxygen atoms in total. The number of benzene rings is 2. The van der Waals surface area contributed by atoms with Crippen LogP contribution in [0.2, 0.25) is 0 Å². The highest BCUT2D eigenvalue weighted by molar-refractivity contribution is 5.80. The van der Waals surface area contributed by atoms with Gasteiger partial charge in [-0.05, 0) is 56.7 Å². The Morgan fingerprint density at radius 3 is 2.79 bits per heavy atom. The standard InChI is InChI=1S/C23H25N3O3/c1-15-10-12-18(13-11-15)22-25-21(29-26-22)14-24-23(27)16(2)28-20-9-5-7-17-6-3-4-8-19(17)20/h5,7,9-13,16H,3-4,6,8,14H2,1-2H3,(H,24,27)/t16-/m0/s1. The van der Waals surface area contributed by atoms with Crippen molar-refractivity contribution in [3.63, 3.8) is 0 Å². The molecule has 29 heavy (non-hydrogen) atoms. The Labute approximate surface area is 170 Å². The lowest BCUT2D eigenvalue weighted by molar-refractivity contribution is -0.127. The van der Waals surface area contributed by atoms with E-state index in [1.807, 2.05) is 43.3 Å². The molecule has 0 aliphatic heterocycles. The zero-order chi connectivity index (χ0) is 20.2. The van der Waals surface area contributed by atoms with Gasteiger partial charge in [0.2, 0.25) is 11.7 Å². The molecule has 3 aromatic rings. The first-order valence-corrected chi connectivity index (χ1v) is 10.0. The van der Waals surface area contributed by atoms with Crippen molar-refractivity contribution >= 4 is 5.91 Å². The third-order valence-electron chi connectivity index (χ3n) is 5.22. The van der Waals surface area contributed by atoms with Crippen LogP contribution in [-0.2, 0) is 24.2 Å². The maximum atomic E-state index is 12.5. The largest absolute Gasteiger partial charge is 0.481 e. The van der Waals surface area contributed by atoms with Gasteiger partial charge >= 0.3 is 0 Å². The monoisotopic (exact) mass is 391 g/mol. The van der Waals surface area contributed by atoms with E-state index in [1.54, 1.807) is 6.92 Å². The predicted molar refractivity (Wildman–Crippen MR) is 109 cm³/mol. The molecule has 1 N–H and O–H groups in total. The molecule has 1 aliphatic carbocycles. The van der Waals surface area contributed by atoms with Gasteiger partial charge in [-0.1, -0.05) is 47.1 Å². The Balaban J connectivity index is 1.35. The molecule has 4 rings (SSSR count). The highest BCUT2D eigenvalue weighted by Gasteiger charge is 2.20. The van der Waals surface area contributed by atoms with Crippen LogP contribution >= 0.6 is 0 Å². The average molecular weight is 391 g/mol. The Hall–Kier alpha value is -3.15. The molecule has 1 heterocycles. The number of fused-ring (bicyclic) bond motifs is 1. The molecule has 0 spiro atoms. The van der Waals surface area contributed by atoms with Gasteiger partial charge in [-0.3, -0.25) is 4.79 Å². The van der Waals surface area contributed by atoms with Crippen molar-refractivity contribution in [3.05, 3.63) is 65.0 Å². The summed E-state index contributed by atoms with van der Waals surface area (Å²) in [5, 5.41) is 6.80. The minimum Gasteiger partial charge on any atom is -0.481 e. The first kappa shape index (κ1) is 19.2. The summed E-state index contributed by atoms with van der Waals surface area (Å²) >= 11 is 0. The van der Waals surface area contributed by atoms with Crippen LogP contribution < -0.4 is 10.1 Å². The maximum absolute atomic E-state index is 12.5. The minimum atomic E-state index is -0.608. The van der Waals surface area contributed by atoms with Crippen molar-refractivity contribution in [2.24, 2.45) is 0 Å². The Kier molecular flexibility index (Phi) is 5.60. The topological polar surface area (TPSA) is 77.2 Å². The molecule has 6 heteroatoms. The summed E-state index contributed by atoms with van der Waals surface area (Å²) in [5.74, 6) is 1.46. The Bertz CT molecular complexity index is 995. The van der Waals surface area contributed by atoms with Crippen LogP contribution in [0, 0.1) is 6.92 Å². The van der Waals surface area contributed by atoms with Crippen molar-refractivity contribution in [1.82, 2.24) is 15.5 Å². The van der Waals surface area contributed by atoms with Crippen molar-refractivity contribution in [2.45, 2.75) is 52.2 Å². The van der Waals surface area contributed by atoms with E-state index in [9.17, 15) is 4.79 Å². The van der Waals surface area contributed by atoms with Crippen molar-refractivity contribution in [3.8, 4) is 17.1 Å². The van der Waals surface area contributed by atoms with E-state index in [0.29, 0.717) is 11.7 Å². The molecule has 1 aliphatic rings. The van der Waals surface area contributed by atoms with Gasteiger partial charge in [0.25, 0.3) is 5.91 Å². The number of carbonyl (C=O) groups is 1. The first-order chi connectivity index (χ1) is 14.1. The van der Waals surface area contributed by atoms with Crippen LogP contribution in [0.5, 0.6) is 5.75 Å². The number of amides is 1. The number of aryl methyl sites for hydroxylation is 2. The lowest BCUT2D eigenvalue weighted by Gasteiger charge is -2.21. The van der Waals surface area contributed by atoms with E-state index in [2.05, 4.69) is 21.5 Å². The van der Waals surface area contributed by atoms with Crippen molar-refractivity contribution in [2.75, 3.05) is 0 Å². The second-order valence-corrected chi connectivity index (χ2v) is 7.46. The van der Waals surface area contributed by atoms with E-state index in [4.69, 9.17) is 9.26 Å². The van der Waals surface area contributed by atoms with Gasteiger partial charge in [0, 0.05) is 5.56 Å². The number of hydrogen-bond acceptors (Lipinski definition) is 5. The second-order valence-electron chi connectivity index (χ2n) is 7.46. The van der Waals surface area contributed by atoms with E-state index in [-0.39, 0.29) is 12.5 Å². The molecule has 1 amide bonds. The number of aromatic nitrogens is 2. The van der Waals surface area contributed by atoms with E-state index >= 15 is 0 Å². The van der Waals surface area contributed by atoms with Crippen LogP contribution in [0.1, 0.15) is 42.3 Å². The minimum absolute atomic E-state index is 0.165. The molecule has 1 atom stereocenters. The molecule has 0 bridgehead atoms. The molecule has 0 saturated carbocycles. The number of rotatable bonds is 6. The SMILES string of the molecule is Cc1ccc(-c2noc(CNC(=O)[C@H](C)Oc3cccc4c3CCCC4)n2)cc1. The maximum Gasteiger partial charge on any atom is 0.261 e. The van der Waals surface area contributed by atoms with Crippen LogP contribution in [0.4, 0.5) is 0 Å². The van der Waals surface area contributed by atoms with Gasteiger partial charge in [-0.25, -0.2) is 0 Å². The van der Waals surface area contributed by atoms with E-state index < -0.39 is 6.10 Å². The molecule has 0 unspecified atom stereocenters. The molecule has 2 aromatic carbocycles. The van der Waals surface area contributed by atoms with Crippen LogP contribution in [0.3, 0.4) is 0 Å². The summed E-state index contributed by atoms with van der Waals surface area (Å²) in [6.45, 7) is 3.94. The lowest BCUT2D eigenvalue weighted by atomic mass is 9.91. The third-order valence-corrected chi connectivity index (χ3v) is 5.22. The van der Waals surface area contributed by atoms with E-state index in [0.717, 1.165) is 30.6 Å². The summed E-state index contributed by atoms with van der Waals surface area (Å²) < 4.78 is 11.2. The summed E-state index contributed by atoms with van der Waals surface area (Å²) in [6.07, 6.45) is 3.84. The van der Waals surface area contributed by atoms with Gasteiger partial charge in [0.1, 0.15) is 5.75 Å². The Morgan fingerprint density at radius 2 is 1.97 bits per heavy atom. The van der Waals surface area contributed by atoms with Crippen LogP contribution in [0.15, 0.2) is 47.0 Å². The molecule has 0 saturated heterocycles. The molecular weight excluding hydrogens is 366 g/mol. The normalized spacial score (nSPS) is 14.1. The predicted octanol–water partition coefficient (Wildman–Crippen LogP) is 4.01. The zero-order valence-electron chi connectivity index (χ0n) is 16.8. The quantitative estimate of drug-likeness (QED) is 0.687. The number of ether oxygens (including phenoxy) is 1.